The number of aromatic nitrogens is 1. The number of fused-ring (bicyclic) bond motifs is 1. The van der Waals surface area contributed by atoms with E-state index in [2.05, 4.69) is 17.1 Å². The van der Waals surface area contributed by atoms with Crippen molar-refractivity contribution in [3.63, 3.8) is 0 Å². The van der Waals surface area contributed by atoms with Gasteiger partial charge in [0.2, 0.25) is 0 Å². The summed E-state index contributed by atoms with van der Waals surface area (Å²) < 4.78 is 6.13. The first-order valence-electron chi connectivity index (χ1n) is 6.74. The fourth-order valence-electron chi connectivity index (χ4n) is 2.77. The molecule has 98 valence electrons. The van der Waals surface area contributed by atoms with Crippen LogP contribution in [0.15, 0.2) is 48.8 Å². The summed E-state index contributed by atoms with van der Waals surface area (Å²) in [6, 6.07) is 12.3. The van der Waals surface area contributed by atoms with Crippen molar-refractivity contribution in [2.24, 2.45) is 5.73 Å². The van der Waals surface area contributed by atoms with Gasteiger partial charge < -0.3 is 10.5 Å². The lowest BCUT2D eigenvalue weighted by Crippen LogP contribution is -2.21. The molecule has 0 saturated carbocycles. The molecule has 3 heteroatoms. The van der Waals surface area contributed by atoms with E-state index >= 15 is 0 Å². The zero-order valence-electron chi connectivity index (χ0n) is 10.8. The average Bonchev–Trinajstić information content (AvgIpc) is 2.48. The van der Waals surface area contributed by atoms with Crippen LogP contribution < -0.4 is 10.5 Å². The van der Waals surface area contributed by atoms with Gasteiger partial charge in [-0.15, -0.1) is 0 Å². The third-order valence-corrected chi connectivity index (χ3v) is 3.72. The molecule has 0 spiro atoms. The molecule has 2 N–H and O–H groups in total. The second-order valence-electron chi connectivity index (χ2n) is 4.93. The number of benzene rings is 1. The Morgan fingerprint density at radius 1 is 1.16 bits per heavy atom. The van der Waals surface area contributed by atoms with Crippen LogP contribution in [0.3, 0.4) is 0 Å². The molecule has 2 aromatic rings. The predicted octanol–water partition coefficient (Wildman–Crippen LogP) is 3.04. The molecule has 1 aromatic heterocycles. The van der Waals surface area contributed by atoms with Crippen molar-refractivity contribution in [1.82, 2.24) is 4.98 Å². The molecule has 0 bridgehead atoms. The van der Waals surface area contributed by atoms with Gasteiger partial charge in [0.1, 0.15) is 11.9 Å². The predicted molar refractivity (Wildman–Crippen MR) is 75.1 cm³/mol. The Hall–Kier alpha value is -1.87. The van der Waals surface area contributed by atoms with E-state index in [-0.39, 0.29) is 6.10 Å². The number of hydrogen-bond acceptors (Lipinski definition) is 3. The van der Waals surface area contributed by atoms with Gasteiger partial charge in [-0.25, -0.2) is 0 Å². The molecule has 3 nitrogen and oxygen atoms in total. The Morgan fingerprint density at radius 3 is 2.74 bits per heavy atom. The summed E-state index contributed by atoms with van der Waals surface area (Å²) in [5, 5.41) is 0. The van der Waals surface area contributed by atoms with Crippen LogP contribution in [0.5, 0.6) is 5.75 Å². The Balaban J connectivity index is 1.92. The molecule has 19 heavy (non-hydrogen) atoms. The van der Waals surface area contributed by atoms with Gasteiger partial charge in [-0.2, -0.15) is 0 Å². The molecule has 0 saturated heterocycles. The first kappa shape index (κ1) is 12.2. The average molecular weight is 254 g/mol. The maximum Gasteiger partial charge on any atom is 0.124 e. The number of hydrogen-bond donors (Lipinski definition) is 1. The minimum atomic E-state index is 0.106. The van der Waals surface area contributed by atoms with E-state index in [1.54, 1.807) is 0 Å². The van der Waals surface area contributed by atoms with Crippen LogP contribution in [0.4, 0.5) is 0 Å². The standard InChI is InChI=1S/C16H18N2O/c17-8-5-13-11-16(12-6-9-18-10-7-12)19-15-4-2-1-3-14(13)15/h1-4,6-7,9-10,13,16H,5,8,11,17H2. The van der Waals surface area contributed by atoms with Crippen molar-refractivity contribution in [3.05, 3.63) is 59.9 Å². The number of pyridine rings is 1. The Bertz CT molecular complexity index is 541. The quantitative estimate of drug-likeness (QED) is 0.915. The van der Waals surface area contributed by atoms with Gasteiger partial charge in [0, 0.05) is 12.4 Å². The third kappa shape index (κ3) is 2.47. The number of ether oxygens (including phenoxy) is 1. The van der Waals surface area contributed by atoms with Crippen molar-refractivity contribution in [3.8, 4) is 5.75 Å². The van der Waals surface area contributed by atoms with Crippen molar-refractivity contribution in [2.45, 2.75) is 24.9 Å². The van der Waals surface area contributed by atoms with E-state index in [0.29, 0.717) is 12.5 Å². The van der Waals surface area contributed by atoms with E-state index in [9.17, 15) is 0 Å². The highest BCUT2D eigenvalue weighted by Gasteiger charge is 2.28. The Labute approximate surface area is 113 Å². The van der Waals surface area contributed by atoms with Crippen molar-refractivity contribution in [1.29, 1.82) is 0 Å². The van der Waals surface area contributed by atoms with Gasteiger partial charge in [0.15, 0.2) is 0 Å². The van der Waals surface area contributed by atoms with Gasteiger partial charge in [-0.1, -0.05) is 18.2 Å². The number of para-hydroxylation sites is 1. The summed E-state index contributed by atoms with van der Waals surface area (Å²) in [5.74, 6) is 1.47. The van der Waals surface area contributed by atoms with E-state index in [1.807, 2.05) is 36.7 Å². The summed E-state index contributed by atoms with van der Waals surface area (Å²) in [6.45, 7) is 0.710. The van der Waals surface area contributed by atoms with Crippen LogP contribution in [0.2, 0.25) is 0 Å². The highest BCUT2D eigenvalue weighted by atomic mass is 16.5. The maximum absolute atomic E-state index is 6.13. The second kappa shape index (κ2) is 5.41. The van der Waals surface area contributed by atoms with Gasteiger partial charge in [-0.05, 0) is 54.6 Å². The number of rotatable bonds is 3. The Kier molecular flexibility index (Phi) is 3.47. The lowest BCUT2D eigenvalue weighted by molar-refractivity contribution is 0.158. The number of nitrogens with two attached hydrogens (primary N) is 1. The lowest BCUT2D eigenvalue weighted by atomic mass is 9.85. The summed E-state index contributed by atoms with van der Waals surface area (Å²) in [7, 11) is 0. The first-order valence-corrected chi connectivity index (χ1v) is 6.74. The van der Waals surface area contributed by atoms with Gasteiger partial charge in [-0.3, -0.25) is 4.98 Å². The molecule has 3 rings (SSSR count). The van der Waals surface area contributed by atoms with Crippen molar-refractivity contribution in [2.75, 3.05) is 6.54 Å². The highest BCUT2D eigenvalue weighted by molar-refractivity contribution is 5.39. The zero-order chi connectivity index (χ0) is 13.1. The van der Waals surface area contributed by atoms with Crippen LogP contribution in [0.25, 0.3) is 0 Å². The molecule has 0 aliphatic carbocycles. The highest BCUT2D eigenvalue weighted by Crippen LogP contribution is 2.42. The SMILES string of the molecule is NCCC1CC(c2ccncc2)Oc2ccccc21. The van der Waals surface area contributed by atoms with E-state index < -0.39 is 0 Å². The minimum absolute atomic E-state index is 0.106. The fraction of sp³-hybridized carbons (Fsp3) is 0.312. The monoisotopic (exact) mass is 254 g/mol. The molecule has 2 heterocycles. The van der Waals surface area contributed by atoms with E-state index in [1.165, 1.54) is 11.1 Å². The van der Waals surface area contributed by atoms with Crippen LogP contribution in [-0.2, 0) is 0 Å². The Morgan fingerprint density at radius 2 is 1.95 bits per heavy atom. The minimum Gasteiger partial charge on any atom is -0.485 e. The molecule has 0 fully saturated rings. The van der Waals surface area contributed by atoms with E-state index in [0.717, 1.165) is 18.6 Å². The molecule has 1 aliphatic rings. The molecule has 1 aromatic carbocycles. The zero-order valence-corrected chi connectivity index (χ0v) is 10.8. The molecular formula is C16H18N2O. The van der Waals surface area contributed by atoms with Gasteiger partial charge >= 0.3 is 0 Å². The van der Waals surface area contributed by atoms with Crippen molar-refractivity contribution >= 4 is 0 Å². The molecule has 2 atom stereocenters. The van der Waals surface area contributed by atoms with Crippen LogP contribution in [-0.4, -0.2) is 11.5 Å². The molecule has 1 aliphatic heterocycles. The van der Waals surface area contributed by atoms with Crippen molar-refractivity contribution < 1.29 is 4.74 Å². The van der Waals surface area contributed by atoms with E-state index in [4.69, 9.17) is 10.5 Å². The normalized spacial score (nSPS) is 21.5. The smallest absolute Gasteiger partial charge is 0.124 e. The summed E-state index contributed by atoms with van der Waals surface area (Å²) >= 11 is 0. The molecule has 0 radical (unpaired) electrons. The van der Waals surface area contributed by atoms with Crippen LogP contribution in [0, 0.1) is 0 Å². The van der Waals surface area contributed by atoms with Gasteiger partial charge in [0.25, 0.3) is 0 Å². The summed E-state index contributed by atoms with van der Waals surface area (Å²) in [5.41, 5.74) is 8.23. The van der Waals surface area contributed by atoms with Gasteiger partial charge in [0.05, 0.1) is 0 Å². The van der Waals surface area contributed by atoms with Crippen LogP contribution in [0.1, 0.15) is 36.0 Å². The maximum atomic E-state index is 6.13. The topological polar surface area (TPSA) is 48.1 Å². The third-order valence-electron chi connectivity index (χ3n) is 3.72. The summed E-state index contributed by atoms with van der Waals surface area (Å²) in [4.78, 5) is 4.06. The van der Waals surface area contributed by atoms with Crippen LogP contribution >= 0.6 is 0 Å². The molecule has 0 amide bonds. The fourth-order valence-corrected chi connectivity index (χ4v) is 2.77. The first-order chi connectivity index (χ1) is 9.38. The number of nitrogens with zero attached hydrogens (tertiary/aromatic N) is 1. The largest absolute Gasteiger partial charge is 0.485 e. The summed E-state index contributed by atoms with van der Waals surface area (Å²) in [6.07, 6.45) is 5.73. The second-order valence-corrected chi connectivity index (χ2v) is 4.93. The molecular weight excluding hydrogens is 236 g/mol. The molecule has 2 unspecified atom stereocenters. The lowest BCUT2D eigenvalue weighted by Gasteiger charge is -2.32.